The Hall–Kier alpha value is -0.830. The number of benzene rings is 1. The standard InChI is InChI=1S/C14H14ClNS/c1-16-13(14-12(15)6-7-17-14)11-8-9-4-2-3-5-10(9)11/h2-7,11,13,16H,8H2,1H3. The van der Waals surface area contributed by atoms with Gasteiger partial charge in [-0.2, -0.15) is 0 Å². The summed E-state index contributed by atoms with van der Waals surface area (Å²) < 4.78 is 0. The summed E-state index contributed by atoms with van der Waals surface area (Å²) in [7, 11) is 2.02. The molecule has 0 amide bonds. The molecule has 3 heteroatoms. The van der Waals surface area contributed by atoms with Crippen molar-refractivity contribution in [2.75, 3.05) is 7.05 Å². The molecule has 88 valence electrons. The summed E-state index contributed by atoms with van der Waals surface area (Å²) in [6.07, 6.45) is 1.15. The molecular formula is C14H14ClNS. The first-order chi connectivity index (χ1) is 8.31. The van der Waals surface area contributed by atoms with Crippen LogP contribution < -0.4 is 5.32 Å². The third-order valence-electron chi connectivity index (χ3n) is 3.54. The van der Waals surface area contributed by atoms with Gasteiger partial charge in [0.25, 0.3) is 0 Å². The van der Waals surface area contributed by atoms with Gasteiger partial charge in [-0.25, -0.2) is 0 Å². The maximum atomic E-state index is 6.24. The van der Waals surface area contributed by atoms with Crippen molar-refractivity contribution in [3.8, 4) is 0 Å². The Morgan fingerprint density at radius 1 is 1.35 bits per heavy atom. The van der Waals surface area contributed by atoms with Gasteiger partial charge in [-0.1, -0.05) is 35.9 Å². The Bertz CT molecular complexity index is 535. The lowest BCUT2D eigenvalue weighted by Crippen LogP contribution is -2.30. The summed E-state index contributed by atoms with van der Waals surface area (Å²) in [6, 6.07) is 11.0. The first kappa shape index (κ1) is 11.3. The molecule has 0 saturated carbocycles. The van der Waals surface area contributed by atoms with Crippen molar-refractivity contribution >= 4 is 22.9 Å². The summed E-state index contributed by atoms with van der Waals surface area (Å²) in [6.45, 7) is 0. The zero-order valence-electron chi connectivity index (χ0n) is 9.61. The van der Waals surface area contributed by atoms with Crippen molar-refractivity contribution in [1.29, 1.82) is 0 Å². The maximum absolute atomic E-state index is 6.24. The number of thiophene rings is 1. The van der Waals surface area contributed by atoms with Gasteiger partial charge in [0.15, 0.2) is 0 Å². The predicted molar refractivity (Wildman–Crippen MR) is 74.0 cm³/mol. The number of hydrogen-bond acceptors (Lipinski definition) is 2. The minimum absolute atomic E-state index is 0.345. The number of halogens is 1. The van der Waals surface area contributed by atoms with Crippen LogP contribution in [0.5, 0.6) is 0 Å². The largest absolute Gasteiger partial charge is 0.312 e. The van der Waals surface area contributed by atoms with Crippen LogP contribution >= 0.6 is 22.9 Å². The fourth-order valence-electron chi connectivity index (χ4n) is 2.64. The maximum Gasteiger partial charge on any atom is 0.0561 e. The minimum Gasteiger partial charge on any atom is -0.312 e. The molecule has 1 nitrogen and oxygen atoms in total. The average Bonchev–Trinajstić information content (AvgIpc) is 2.72. The molecule has 0 saturated heterocycles. The summed E-state index contributed by atoms with van der Waals surface area (Å²) in [4.78, 5) is 1.26. The molecule has 0 radical (unpaired) electrons. The highest BCUT2D eigenvalue weighted by atomic mass is 35.5. The molecule has 0 spiro atoms. The van der Waals surface area contributed by atoms with Crippen molar-refractivity contribution in [2.45, 2.75) is 18.4 Å². The third-order valence-corrected chi connectivity index (χ3v) is 4.98. The normalized spacial score (nSPS) is 19.5. The summed E-state index contributed by atoms with van der Waals surface area (Å²) in [5, 5.41) is 6.36. The lowest BCUT2D eigenvalue weighted by molar-refractivity contribution is 0.445. The van der Waals surface area contributed by atoms with Crippen LogP contribution in [0.15, 0.2) is 35.7 Å². The van der Waals surface area contributed by atoms with Gasteiger partial charge in [0.1, 0.15) is 0 Å². The van der Waals surface area contributed by atoms with Gasteiger partial charge < -0.3 is 5.32 Å². The molecule has 2 aromatic rings. The predicted octanol–water partition coefficient (Wildman–Crippen LogP) is 4.00. The van der Waals surface area contributed by atoms with Gasteiger partial charge in [0, 0.05) is 16.8 Å². The van der Waals surface area contributed by atoms with Gasteiger partial charge in [-0.3, -0.25) is 0 Å². The van der Waals surface area contributed by atoms with E-state index in [4.69, 9.17) is 11.6 Å². The topological polar surface area (TPSA) is 12.0 Å². The van der Waals surface area contributed by atoms with Crippen LogP contribution in [0.3, 0.4) is 0 Å². The van der Waals surface area contributed by atoms with E-state index in [1.807, 2.05) is 13.1 Å². The van der Waals surface area contributed by atoms with E-state index in [1.165, 1.54) is 16.0 Å². The molecule has 3 rings (SSSR count). The Labute approximate surface area is 110 Å². The smallest absolute Gasteiger partial charge is 0.0561 e. The van der Waals surface area contributed by atoms with E-state index < -0.39 is 0 Å². The molecule has 1 aliphatic carbocycles. The van der Waals surface area contributed by atoms with Crippen molar-refractivity contribution in [3.63, 3.8) is 0 Å². The second kappa shape index (κ2) is 4.45. The van der Waals surface area contributed by atoms with Crippen molar-refractivity contribution in [1.82, 2.24) is 5.32 Å². The lowest BCUT2D eigenvalue weighted by Gasteiger charge is -2.36. The second-order valence-electron chi connectivity index (χ2n) is 4.41. The highest BCUT2D eigenvalue weighted by Crippen LogP contribution is 2.46. The van der Waals surface area contributed by atoms with Gasteiger partial charge in [0.2, 0.25) is 0 Å². The van der Waals surface area contributed by atoms with Gasteiger partial charge in [-0.05, 0) is 36.0 Å². The molecular weight excluding hydrogens is 250 g/mol. The monoisotopic (exact) mass is 263 g/mol. The Balaban J connectivity index is 1.93. The van der Waals surface area contributed by atoms with E-state index in [0.717, 1.165) is 11.4 Å². The van der Waals surface area contributed by atoms with E-state index >= 15 is 0 Å². The molecule has 1 heterocycles. The Morgan fingerprint density at radius 2 is 2.18 bits per heavy atom. The quantitative estimate of drug-likeness (QED) is 0.883. The third kappa shape index (κ3) is 1.81. The highest BCUT2D eigenvalue weighted by molar-refractivity contribution is 7.10. The summed E-state index contributed by atoms with van der Waals surface area (Å²) in [5.41, 5.74) is 2.95. The fraction of sp³-hybridized carbons (Fsp3) is 0.286. The molecule has 0 fully saturated rings. The molecule has 2 atom stereocenters. The number of fused-ring (bicyclic) bond motifs is 1. The van der Waals surface area contributed by atoms with Crippen LogP contribution in [-0.4, -0.2) is 7.05 Å². The summed E-state index contributed by atoms with van der Waals surface area (Å²) >= 11 is 7.98. The second-order valence-corrected chi connectivity index (χ2v) is 5.76. The van der Waals surface area contributed by atoms with Crippen LogP contribution in [0.4, 0.5) is 0 Å². The van der Waals surface area contributed by atoms with Gasteiger partial charge >= 0.3 is 0 Å². The van der Waals surface area contributed by atoms with Crippen LogP contribution in [0.2, 0.25) is 5.02 Å². The van der Waals surface area contributed by atoms with E-state index in [9.17, 15) is 0 Å². The fourth-order valence-corrected chi connectivity index (χ4v) is 3.99. The number of nitrogens with one attached hydrogen (secondary N) is 1. The molecule has 1 aromatic carbocycles. The number of likely N-dealkylation sites (N-methyl/N-ethyl adjacent to an activating group) is 1. The molecule has 0 bridgehead atoms. The highest BCUT2D eigenvalue weighted by Gasteiger charge is 2.34. The molecule has 1 aliphatic rings. The molecule has 1 N–H and O–H groups in total. The van der Waals surface area contributed by atoms with E-state index in [0.29, 0.717) is 12.0 Å². The van der Waals surface area contributed by atoms with Gasteiger partial charge in [-0.15, -0.1) is 11.3 Å². The van der Waals surface area contributed by atoms with E-state index in [2.05, 4.69) is 35.0 Å². The first-order valence-corrected chi connectivity index (χ1v) is 7.05. The van der Waals surface area contributed by atoms with Gasteiger partial charge in [0.05, 0.1) is 5.02 Å². The lowest BCUT2D eigenvalue weighted by atomic mass is 9.73. The Morgan fingerprint density at radius 3 is 2.82 bits per heavy atom. The van der Waals surface area contributed by atoms with Crippen LogP contribution in [0.25, 0.3) is 0 Å². The van der Waals surface area contributed by atoms with Crippen LogP contribution in [0.1, 0.15) is 28.0 Å². The SMILES string of the molecule is CNC(c1sccc1Cl)C1Cc2ccccc21. The van der Waals surface area contributed by atoms with Crippen LogP contribution in [-0.2, 0) is 6.42 Å². The van der Waals surface area contributed by atoms with Crippen molar-refractivity contribution < 1.29 is 0 Å². The van der Waals surface area contributed by atoms with Crippen molar-refractivity contribution in [2.24, 2.45) is 0 Å². The average molecular weight is 264 g/mol. The Kier molecular flexibility index (Phi) is 2.95. The number of hydrogen-bond donors (Lipinski definition) is 1. The zero-order chi connectivity index (χ0) is 11.8. The summed E-state index contributed by atoms with van der Waals surface area (Å²) in [5.74, 6) is 0.562. The van der Waals surface area contributed by atoms with E-state index in [-0.39, 0.29) is 0 Å². The first-order valence-electron chi connectivity index (χ1n) is 5.79. The molecule has 1 aromatic heterocycles. The number of rotatable bonds is 3. The molecule has 0 aliphatic heterocycles. The zero-order valence-corrected chi connectivity index (χ0v) is 11.2. The van der Waals surface area contributed by atoms with Crippen LogP contribution in [0, 0.1) is 0 Å². The minimum atomic E-state index is 0.345. The van der Waals surface area contributed by atoms with E-state index in [1.54, 1.807) is 11.3 Å². The molecule has 17 heavy (non-hydrogen) atoms. The molecule has 2 unspecified atom stereocenters. The van der Waals surface area contributed by atoms with Crippen molar-refractivity contribution in [3.05, 3.63) is 56.7 Å².